The van der Waals surface area contributed by atoms with Crippen LogP contribution in [-0.2, 0) is 16.4 Å². The third-order valence-corrected chi connectivity index (χ3v) is 3.63. The van der Waals surface area contributed by atoms with Crippen molar-refractivity contribution in [2.45, 2.75) is 13.0 Å². The van der Waals surface area contributed by atoms with Crippen LogP contribution in [0.1, 0.15) is 12.0 Å². The first-order valence-electron chi connectivity index (χ1n) is 6.15. The van der Waals surface area contributed by atoms with E-state index in [2.05, 4.69) is 17.0 Å². The zero-order chi connectivity index (χ0) is 13.4. The van der Waals surface area contributed by atoms with Crippen molar-refractivity contribution in [3.8, 4) is 0 Å². The zero-order valence-electron chi connectivity index (χ0n) is 10.9. The summed E-state index contributed by atoms with van der Waals surface area (Å²) in [5.41, 5.74) is 6.70. The highest BCUT2D eigenvalue weighted by atomic mass is 32.2. The second kappa shape index (κ2) is 7.51. The molecule has 0 aliphatic rings. The molecular formula is C13H22N2O2S. The van der Waals surface area contributed by atoms with E-state index in [4.69, 9.17) is 5.73 Å². The lowest BCUT2D eigenvalue weighted by molar-refractivity contribution is 0.279. The Morgan fingerprint density at radius 1 is 1.17 bits per heavy atom. The highest BCUT2D eigenvalue weighted by Crippen LogP contribution is 2.05. The molecule has 0 heterocycles. The van der Waals surface area contributed by atoms with E-state index >= 15 is 0 Å². The van der Waals surface area contributed by atoms with E-state index in [9.17, 15) is 8.42 Å². The molecule has 0 aliphatic carbocycles. The maximum absolute atomic E-state index is 11.2. The van der Waals surface area contributed by atoms with Crippen LogP contribution >= 0.6 is 0 Å². The van der Waals surface area contributed by atoms with Crippen LogP contribution in [0.2, 0.25) is 0 Å². The van der Waals surface area contributed by atoms with E-state index in [1.807, 2.05) is 18.2 Å². The molecule has 1 aromatic rings. The first kappa shape index (κ1) is 15.1. The Balaban J connectivity index is 2.55. The van der Waals surface area contributed by atoms with Crippen LogP contribution < -0.4 is 5.73 Å². The normalized spacial score (nSPS) is 11.9. The van der Waals surface area contributed by atoms with Crippen molar-refractivity contribution in [2.75, 3.05) is 31.6 Å². The van der Waals surface area contributed by atoms with Crippen molar-refractivity contribution in [3.63, 3.8) is 0 Å². The van der Waals surface area contributed by atoms with Gasteiger partial charge in [0, 0.05) is 19.3 Å². The van der Waals surface area contributed by atoms with E-state index in [0.29, 0.717) is 13.1 Å². The Kier molecular flexibility index (Phi) is 6.32. The minimum atomic E-state index is -2.91. The van der Waals surface area contributed by atoms with Crippen LogP contribution in [-0.4, -0.2) is 45.0 Å². The van der Waals surface area contributed by atoms with E-state index < -0.39 is 9.84 Å². The molecule has 0 atom stereocenters. The SMILES string of the molecule is CS(=O)(=O)CCN(CCCN)Cc1ccccc1. The van der Waals surface area contributed by atoms with Gasteiger partial charge in [-0.25, -0.2) is 8.42 Å². The van der Waals surface area contributed by atoms with Gasteiger partial charge in [0.05, 0.1) is 5.75 Å². The number of hydrogen-bond acceptors (Lipinski definition) is 4. The topological polar surface area (TPSA) is 63.4 Å². The van der Waals surface area contributed by atoms with Gasteiger partial charge in [-0.3, -0.25) is 4.90 Å². The molecule has 0 fully saturated rings. The van der Waals surface area contributed by atoms with Gasteiger partial charge in [-0.2, -0.15) is 0 Å². The fourth-order valence-corrected chi connectivity index (χ4v) is 2.31. The number of benzene rings is 1. The molecule has 0 aromatic heterocycles. The molecule has 0 saturated carbocycles. The zero-order valence-corrected chi connectivity index (χ0v) is 11.7. The molecule has 0 aliphatic heterocycles. The lowest BCUT2D eigenvalue weighted by Gasteiger charge is -2.21. The van der Waals surface area contributed by atoms with Gasteiger partial charge in [-0.15, -0.1) is 0 Å². The molecule has 5 heteroatoms. The number of hydrogen-bond donors (Lipinski definition) is 1. The van der Waals surface area contributed by atoms with Crippen molar-refractivity contribution in [3.05, 3.63) is 35.9 Å². The van der Waals surface area contributed by atoms with Crippen LogP contribution in [0.3, 0.4) is 0 Å². The van der Waals surface area contributed by atoms with Crippen LogP contribution in [0.25, 0.3) is 0 Å². The fraction of sp³-hybridized carbons (Fsp3) is 0.538. The van der Waals surface area contributed by atoms with Gasteiger partial charge >= 0.3 is 0 Å². The number of rotatable bonds is 8. The average Bonchev–Trinajstić information content (AvgIpc) is 2.33. The van der Waals surface area contributed by atoms with E-state index in [0.717, 1.165) is 19.5 Å². The summed E-state index contributed by atoms with van der Waals surface area (Å²) in [6.07, 6.45) is 2.16. The summed E-state index contributed by atoms with van der Waals surface area (Å²) >= 11 is 0. The molecule has 0 amide bonds. The lowest BCUT2D eigenvalue weighted by atomic mass is 10.2. The van der Waals surface area contributed by atoms with E-state index in [1.54, 1.807) is 0 Å². The number of sulfone groups is 1. The Labute approximate surface area is 110 Å². The van der Waals surface area contributed by atoms with Crippen LogP contribution in [0, 0.1) is 0 Å². The first-order chi connectivity index (χ1) is 8.51. The maximum atomic E-state index is 11.2. The van der Waals surface area contributed by atoms with Gasteiger partial charge in [0.15, 0.2) is 0 Å². The minimum absolute atomic E-state index is 0.199. The van der Waals surface area contributed by atoms with Crippen molar-refractivity contribution in [2.24, 2.45) is 5.73 Å². The van der Waals surface area contributed by atoms with Crippen LogP contribution in [0.5, 0.6) is 0 Å². The molecule has 0 saturated heterocycles. The molecule has 2 N–H and O–H groups in total. The van der Waals surface area contributed by atoms with E-state index in [1.165, 1.54) is 11.8 Å². The summed E-state index contributed by atoms with van der Waals surface area (Å²) < 4.78 is 22.4. The predicted molar refractivity (Wildman–Crippen MR) is 75.1 cm³/mol. The summed E-state index contributed by atoms with van der Waals surface area (Å²) in [5.74, 6) is 0.199. The number of nitrogens with two attached hydrogens (primary N) is 1. The Morgan fingerprint density at radius 2 is 1.83 bits per heavy atom. The van der Waals surface area contributed by atoms with Crippen LogP contribution in [0.4, 0.5) is 0 Å². The molecule has 0 spiro atoms. The van der Waals surface area contributed by atoms with Crippen molar-refractivity contribution >= 4 is 9.84 Å². The summed E-state index contributed by atoms with van der Waals surface area (Å²) in [7, 11) is -2.91. The van der Waals surface area contributed by atoms with Crippen molar-refractivity contribution in [1.82, 2.24) is 4.90 Å². The van der Waals surface area contributed by atoms with Crippen molar-refractivity contribution < 1.29 is 8.42 Å². The van der Waals surface area contributed by atoms with Gasteiger partial charge in [-0.1, -0.05) is 30.3 Å². The van der Waals surface area contributed by atoms with Gasteiger partial charge < -0.3 is 5.73 Å². The van der Waals surface area contributed by atoms with Crippen LogP contribution in [0.15, 0.2) is 30.3 Å². The largest absolute Gasteiger partial charge is 0.330 e. The molecule has 102 valence electrons. The quantitative estimate of drug-likeness (QED) is 0.762. The van der Waals surface area contributed by atoms with E-state index in [-0.39, 0.29) is 5.75 Å². The molecule has 18 heavy (non-hydrogen) atoms. The Bertz CT molecular complexity index is 432. The molecule has 1 aromatic carbocycles. The molecule has 0 unspecified atom stereocenters. The predicted octanol–water partition coefficient (Wildman–Crippen LogP) is 0.882. The van der Waals surface area contributed by atoms with Gasteiger partial charge in [-0.05, 0) is 25.1 Å². The molecule has 1 rings (SSSR count). The highest BCUT2D eigenvalue weighted by molar-refractivity contribution is 7.90. The third-order valence-electron chi connectivity index (χ3n) is 2.71. The fourth-order valence-electron chi connectivity index (χ4n) is 1.72. The number of nitrogens with zero attached hydrogens (tertiary/aromatic N) is 1. The first-order valence-corrected chi connectivity index (χ1v) is 8.21. The second-order valence-corrected chi connectivity index (χ2v) is 6.79. The Hall–Kier alpha value is -0.910. The summed E-state index contributed by atoms with van der Waals surface area (Å²) in [6, 6.07) is 10.1. The minimum Gasteiger partial charge on any atom is -0.330 e. The average molecular weight is 270 g/mol. The third kappa shape index (κ3) is 6.74. The van der Waals surface area contributed by atoms with Gasteiger partial charge in [0.25, 0.3) is 0 Å². The van der Waals surface area contributed by atoms with Crippen molar-refractivity contribution in [1.29, 1.82) is 0 Å². The summed E-state index contributed by atoms with van der Waals surface area (Å²) in [4.78, 5) is 2.14. The standard InChI is InChI=1S/C13H22N2O2S/c1-18(16,17)11-10-15(9-5-8-14)12-13-6-3-2-4-7-13/h2-4,6-7H,5,8-12,14H2,1H3. The molecule has 0 bridgehead atoms. The second-order valence-electron chi connectivity index (χ2n) is 4.53. The summed E-state index contributed by atoms with van der Waals surface area (Å²) in [5, 5.41) is 0. The summed E-state index contributed by atoms with van der Waals surface area (Å²) in [6.45, 7) is 2.80. The monoisotopic (exact) mass is 270 g/mol. The smallest absolute Gasteiger partial charge is 0.148 e. The molecule has 4 nitrogen and oxygen atoms in total. The highest BCUT2D eigenvalue weighted by Gasteiger charge is 2.09. The molecule has 0 radical (unpaired) electrons. The lowest BCUT2D eigenvalue weighted by Crippen LogP contribution is -2.30. The molecular weight excluding hydrogens is 248 g/mol. The maximum Gasteiger partial charge on any atom is 0.148 e. The Morgan fingerprint density at radius 3 is 2.39 bits per heavy atom. The van der Waals surface area contributed by atoms with Gasteiger partial charge in [0.1, 0.15) is 9.84 Å². The van der Waals surface area contributed by atoms with Gasteiger partial charge in [0.2, 0.25) is 0 Å².